The van der Waals surface area contributed by atoms with Gasteiger partial charge in [0.1, 0.15) is 10.4 Å². The van der Waals surface area contributed by atoms with Gasteiger partial charge in [0.2, 0.25) is 0 Å². The van der Waals surface area contributed by atoms with E-state index in [1.165, 1.54) is 6.08 Å². The summed E-state index contributed by atoms with van der Waals surface area (Å²) in [5, 5.41) is 0. The Morgan fingerprint density at radius 3 is 2.33 bits per heavy atom. The molecule has 0 aromatic rings. The molecule has 0 spiro atoms. The van der Waals surface area contributed by atoms with Crippen LogP contribution >= 0.6 is 23.2 Å². The van der Waals surface area contributed by atoms with Gasteiger partial charge < -0.3 is 14.4 Å². The highest BCUT2D eigenvalue weighted by molar-refractivity contribution is 6.46. The van der Waals surface area contributed by atoms with Gasteiger partial charge in [0.05, 0.1) is 18.9 Å². The summed E-state index contributed by atoms with van der Waals surface area (Å²) >= 11 is 11.8. The van der Waals surface area contributed by atoms with Crippen molar-refractivity contribution in [3.8, 4) is 0 Å². The van der Waals surface area contributed by atoms with Gasteiger partial charge in [-0.15, -0.1) is 0 Å². The van der Waals surface area contributed by atoms with E-state index in [4.69, 9.17) is 32.7 Å². The first-order valence-corrected chi connectivity index (χ1v) is 6.72. The second-order valence-corrected chi connectivity index (χ2v) is 6.10. The van der Waals surface area contributed by atoms with Gasteiger partial charge in [0, 0.05) is 19.2 Å². The van der Waals surface area contributed by atoms with Crippen LogP contribution in [0.4, 0.5) is 0 Å². The molecule has 0 bridgehead atoms. The summed E-state index contributed by atoms with van der Waals surface area (Å²) in [5.74, 6) is -0.435. The molecule has 6 heteroatoms. The van der Waals surface area contributed by atoms with Crippen molar-refractivity contribution in [2.75, 3.05) is 26.3 Å². The predicted octanol–water partition coefficient (Wildman–Crippen LogP) is 2.35. The smallest absolute Gasteiger partial charge is 0.333 e. The SMILES string of the molecule is CC(C)(C)OC(=O)/C=C(\C(Cl)Cl)N1CCOCC1. The topological polar surface area (TPSA) is 38.8 Å². The first kappa shape index (κ1) is 15.6. The summed E-state index contributed by atoms with van der Waals surface area (Å²) in [5.41, 5.74) is 0.0357. The fraction of sp³-hybridized carbons (Fsp3) is 0.750. The van der Waals surface area contributed by atoms with E-state index >= 15 is 0 Å². The number of hydrogen-bond acceptors (Lipinski definition) is 4. The number of nitrogens with zero attached hydrogens (tertiary/aromatic N) is 1. The maximum Gasteiger partial charge on any atom is 0.333 e. The third-order valence-corrected chi connectivity index (χ3v) is 2.72. The molecule has 0 radical (unpaired) electrons. The Balaban J connectivity index is 2.74. The molecular weight excluding hydrogens is 277 g/mol. The summed E-state index contributed by atoms with van der Waals surface area (Å²) in [7, 11) is 0. The molecule has 1 aliphatic rings. The lowest BCUT2D eigenvalue weighted by Gasteiger charge is -2.31. The number of esters is 1. The number of carbonyl (C=O) groups excluding carboxylic acids is 1. The third kappa shape index (κ3) is 5.46. The minimum absolute atomic E-state index is 0.435. The second-order valence-electron chi connectivity index (χ2n) is 5.00. The molecule has 0 aliphatic carbocycles. The van der Waals surface area contributed by atoms with Gasteiger partial charge in [0.25, 0.3) is 0 Å². The molecule has 18 heavy (non-hydrogen) atoms. The number of halogens is 2. The van der Waals surface area contributed by atoms with E-state index in [9.17, 15) is 4.79 Å². The molecule has 104 valence electrons. The molecule has 0 atom stereocenters. The van der Waals surface area contributed by atoms with Crippen LogP contribution < -0.4 is 0 Å². The van der Waals surface area contributed by atoms with Crippen molar-refractivity contribution in [1.82, 2.24) is 4.90 Å². The summed E-state index contributed by atoms with van der Waals surface area (Å²) in [6.45, 7) is 7.98. The first-order valence-electron chi connectivity index (χ1n) is 5.85. The Morgan fingerprint density at radius 1 is 1.33 bits per heavy atom. The van der Waals surface area contributed by atoms with Gasteiger partial charge >= 0.3 is 5.97 Å². The monoisotopic (exact) mass is 295 g/mol. The number of alkyl halides is 2. The largest absolute Gasteiger partial charge is 0.457 e. The number of rotatable bonds is 3. The lowest BCUT2D eigenvalue weighted by Crippen LogP contribution is -2.38. The van der Waals surface area contributed by atoms with Crippen molar-refractivity contribution in [2.45, 2.75) is 31.2 Å². The van der Waals surface area contributed by atoms with Crippen LogP contribution in [0.2, 0.25) is 0 Å². The standard InChI is InChI=1S/C12H19Cl2NO3/c1-12(2,3)18-10(16)8-9(11(13)14)15-4-6-17-7-5-15/h8,11H,4-7H2,1-3H3/b9-8+. The van der Waals surface area contributed by atoms with Crippen molar-refractivity contribution >= 4 is 29.2 Å². The van der Waals surface area contributed by atoms with E-state index in [-0.39, 0.29) is 0 Å². The Kier molecular flexibility index (Phi) is 5.76. The molecule has 0 saturated carbocycles. The zero-order valence-corrected chi connectivity index (χ0v) is 12.4. The van der Waals surface area contributed by atoms with Crippen molar-refractivity contribution < 1.29 is 14.3 Å². The lowest BCUT2D eigenvalue weighted by molar-refractivity contribution is -0.148. The predicted molar refractivity (Wildman–Crippen MR) is 71.8 cm³/mol. The molecule has 0 aromatic carbocycles. The van der Waals surface area contributed by atoms with Gasteiger partial charge in [-0.25, -0.2) is 4.79 Å². The molecule has 1 aliphatic heterocycles. The van der Waals surface area contributed by atoms with Crippen molar-refractivity contribution in [3.63, 3.8) is 0 Å². The molecule has 0 amide bonds. The molecule has 1 fully saturated rings. The molecule has 0 N–H and O–H groups in total. The van der Waals surface area contributed by atoms with Crippen molar-refractivity contribution in [3.05, 3.63) is 11.8 Å². The number of hydrogen-bond donors (Lipinski definition) is 0. The van der Waals surface area contributed by atoms with E-state index in [1.54, 1.807) is 0 Å². The average molecular weight is 296 g/mol. The normalized spacial score (nSPS) is 18.1. The maximum absolute atomic E-state index is 11.7. The van der Waals surface area contributed by atoms with Crippen LogP contribution in [0, 0.1) is 0 Å². The average Bonchev–Trinajstić information content (AvgIpc) is 2.24. The second kappa shape index (κ2) is 6.64. The van der Waals surface area contributed by atoms with Gasteiger partial charge in [-0.3, -0.25) is 0 Å². The Morgan fingerprint density at radius 2 is 1.89 bits per heavy atom. The molecule has 1 heterocycles. The third-order valence-electron chi connectivity index (χ3n) is 2.27. The van der Waals surface area contributed by atoms with Crippen LogP contribution in [-0.2, 0) is 14.3 Å². The molecule has 1 rings (SSSR count). The van der Waals surface area contributed by atoms with Gasteiger partial charge in [-0.05, 0) is 20.8 Å². The zero-order valence-electron chi connectivity index (χ0n) is 10.9. The Bertz CT molecular complexity index is 318. The number of ether oxygens (including phenoxy) is 2. The Labute approximate surface area is 118 Å². The fourth-order valence-electron chi connectivity index (χ4n) is 1.57. The minimum Gasteiger partial charge on any atom is -0.457 e. The Hall–Kier alpha value is -0.450. The van der Waals surface area contributed by atoms with E-state index in [0.29, 0.717) is 32.0 Å². The molecular formula is C12H19Cl2NO3. The van der Waals surface area contributed by atoms with Crippen LogP contribution in [0.5, 0.6) is 0 Å². The number of allylic oxidation sites excluding steroid dienone is 1. The van der Waals surface area contributed by atoms with Crippen molar-refractivity contribution in [1.29, 1.82) is 0 Å². The molecule has 4 nitrogen and oxygen atoms in total. The number of morpholine rings is 1. The fourth-order valence-corrected chi connectivity index (χ4v) is 1.97. The summed E-state index contributed by atoms with van der Waals surface area (Å²) in [6, 6.07) is 0. The summed E-state index contributed by atoms with van der Waals surface area (Å²) < 4.78 is 10.5. The van der Waals surface area contributed by atoms with Crippen LogP contribution in [0.1, 0.15) is 20.8 Å². The van der Waals surface area contributed by atoms with E-state index < -0.39 is 16.4 Å². The highest BCUT2D eigenvalue weighted by Gasteiger charge is 2.22. The number of carbonyl (C=O) groups is 1. The minimum atomic E-state index is -0.754. The summed E-state index contributed by atoms with van der Waals surface area (Å²) in [6.07, 6.45) is 1.36. The van der Waals surface area contributed by atoms with Crippen LogP contribution in [0.3, 0.4) is 0 Å². The summed E-state index contributed by atoms with van der Waals surface area (Å²) in [4.78, 5) is 12.9. The zero-order chi connectivity index (χ0) is 13.8. The van der Waals surface area contributed by atoms with Crippen LogP contribution in [0.15, 0.2) is 11.8 Å². The molecule has 0 aromatic heterocycles. The van der Waals surface area contributed by atoms with Gasteiger partial charge in [-0.1, -0.05) is 23.2 Å². The quantitative estimate of drug-likeness (QED) is 0.455. The van der Waals surface area contributed by atoms with Crippen molar-refractivity contribution in [2.24, 2.45) is 0 Å². The molecule has 0 unspecified atom stereocenters. The lowest BCUT2D eigenvalue weighted by atomic mass is 10.2. The first-order chi connectivity index (χ1) is 8.29. The molecule has 1 saturated heterocycles. The van der Waals surface area contributed by atoms with E-state index in [1.807, 2.05) is 25.7 Å². The van der Waals surface area contributed by atoms with Crippen LogP contribution in [0.25, 0.3) is 0 Å². The van der Waals surface area contributed by atoms with E-state index in [2.05, 4.69) is 0 Å². The van der Waals surface area contributed by atoms with Gasteiger partial charge in [0.15, 0.2) is 0 Å². The van der Waals surface area contributed by atoms with Crippen LogP contribution in [-0.4, -0.2) is 47.6 Å². The van der Waals surface area contributed by atoms with Gasteiger partial charge in [-0.2, -0.15) is 0 Å². The highest BCUT2D eigenvalue weighted by Crippen LogP contribution is 2.21. The highest BCUT2D eigenvalue weighted by atomic mass is 35.5. The maximum atomic E-state index is 11.7. The van der Waals surface area contributed by atoms with E-state index in [0.717, 1.165) is 0 Å².